The standard InChI is InChI=1S/C10H12I2/c1-7(2)6-8-9(11)4-3-5-10(8)12/h3-5,7H,6H2,1-2H3. The second-order valence-corrected chi connectivity index (χ2v) is 5.62. The molecule has 0 aliphatic rings. The van der Waals surface area contributed by atoms with Gasteiger partial charge in [0.05, 0.1) is 0 Å². The summed E-state index contributed by atoms with van der Waals surface area (Å²) in [5.74, 6) is 0.745. The first-order chi connectivity index (χ1) is 5.61. The van der Waals surface area contributed by atoms with Crippen LogP contribution in [0, 0.1) is 13.1 Å². The summed E-state index contributed by atoms with van der Waals surface area (Å²) in [6.45, 7) is 4.53. The molecule has 66 valence electrons. The SMILES string of the molecule is CC(C)Cc1c(I)cccc1I. The van der Waals surface area contributed by atoms with E-state index in [1.54, 1.807) is 0 Å². The molecule has 1 rings (SSSR count). The molecule has 1 aromatic carbocycles. The molecule has 0 N–H and O–H groups in total. The highest BCUT2D eigenvalue weighted by Crippen LogP contribution is 2.21. The largest absolute Gasteiger partial charge is 0.0625 e. The smallest absolute Gasteiger partial charge is 0.0173 e. The van der Waals surface area contributed by atoms with Crippen molar-refractivity contribution in [2.45, 2.75) is 20.3 Å². The Labute approximate surface area is 101 Å². The number of benzene rings is 1. The first-order valence-corrected chi connectivity index (χ1v) is 6.20. The monoisotopic (exact) mass is 386 g/mol. The molecule has 0 aliphatic heterocycles. The van der Waals surface area contributed by atoms with Gasteiger partial charge in [0.2, 0.25) is 0 Å². The lowest BCUT2D eigenvalue weighted by Crippen LogP contribution is -1.99. The van der Waals surface area contributed by atoms with Gasteiger partial charge in [-0.3, -0.25) is 0 Å². The lowest BCUT2D eigenvalue weighted by molar-refractivity contribution is 0.643. The molecule has 2 heteroatoms. The Morgan fingerprint density at radius 3 is 2.08 bits per heavy atom. The van der Waals surface area contributed by atoms with Crippen LogP contribution < -0.4 is 0 Å². The van der Waals surface area contributed by atoms with Crippen LogP contribution in [-0.4, -0.2) is 0 Å². The van der Waals surface area contributed by atoms with Crippen LogP contribution in [-0.2, 0) is 6.42 Å². The first kappa shape index (κ1) is 10.8. The fourth-order valence-electron chi connectivity index (χ4n) is 1.14. The van der Waals surface area contributed by atoms with Gasteiger partial charge in [-0.15, -0.1) is 0 Å². The molecule has 0 aromatic heterocycles. The molecule has 0 heterocycles. The average Bonchev–Trinajstić information content (AvgIpc) is 1.97. The van der Waals surface area contributed by atoms with E-state index >= 15 is 0 Å². The van der Waals surface area contributed by atoms with Crippen molar-refractivity contribution in [3.63, 3.8) is 0 Å². The Kier molecular flexibility index (Phi) is 4.29. The van der Waals surface area contributed by atoms with Crippen molar-refractivity contribution >= 4 is 45.2 Å². The van der Waals surface area contributed by atoms with Crippen molar-refractivity contribution in [2.24, 2.45) is 5.92 Å². The third-order valence-corrected chi connectivity index (χ3v) is 3.70. The van der Waals surface area contributed by atoms with Crippen molar-refractivity contribution in [1.29, 1.82) is 0 Å². The van der Waals surface area contributed by atoms with Gasteiger partial charge in [-0.1, -0.05) is 19.9 Å². The zero-order valence-electron chi connectivity index (χ0n) is 7.27. The highest BCUT2D eigenvalue weighted by Gasteiger charge is 2.05. The van der Waals surface area contributed by atoms with Crippen molar-refractivity contribution in [1.82, 2.24) is 0 Å². The van der Waals surface area contributed by atoms with Crippen LogP contribution in [0.15, 0.2) is 18.2 Å². The van der Waals surface area contributed by atoms with Crippen molar-refractivity contribution in [3.8, 4) is 0 Å². The minimum atomic E-state index is 0.745. The Morgan fingerprint density at radius 2 is 1.67 bits per heavy atom. The lowest BCUT2D eigenvalue weighted by Gasteiger charge is -2.09. The zero-order valence-corrected chi connectivity index (χ0v) is 11.6. The molecule has 0 atom stereocenters. The summed E-state index contributed by atoms with van der Waals surface area (Å²) in [4.78, 5) is 0. The molecule has 0 radical (unpaired) electrons. The Hall–Kier alpha value is 0.680. The van der Waals surface area contributed by atoms with Crippen molar-refractivity contribution in [3.05, 3.63) is 30.9 Å². The first-order valence-electron chi connectivity index (χ1n) is 4.04. The molecule has 0 amide bonds. The third kappa shape index (κ3) is 2.87. The predicted octanol–water partition coefficient (Wildman–Crippen LogP) is 4.09. The van der Waals surface area contributed by atoms with Gasteiger partial charge in [0.15, 0.2) is 0 Å². The van der Waals surface area contributed by atoms with Gasteiger partial charge in [0.1, 0.15) is 0 Å². The minimum absolute atomic E-state index is 0.745. The van der Waals surface area contributed by atoms with E-state index in [4.69, 9.17) is 0 Å². The summed E-state index contributed by atoms with van der Waals surface area (Å²) >= 11 is 4.83. The maximum atomic E-state index is 2.41. The fourth-order valence-corrected chi connectivity index (χ4v) is 3.09. The van der Waals surface area contributed by atoms with Gasteiger partial charge in [0, 0.05) is 7.14 Å². The molecule has 0 nitrogen and oxygen atoms in total. The van der Waals surface area contributed by atoms with Crippen LogP contribution >= 0.6 is 45.2 Å². The molecule has 0 unspecified atom stereocenters. The number of rotatable bonds is 2. The van der Waals surface area contributed by atoms with Crippen LogP contribution in [0.4, 0.5) is 0 Å². The van der Waals surface area contributed by atoms with Gasteiger partial charge in [-0.05, 0) is 75.2 Å². The fraction of sp³-hybridized carbons (Fsp3) is 0.400. The van der Waals surface area contributed by atoms with Gasteiger partial charge in [-0.2, -0.15) is 0 Å². The summed E-state index contributed by atoms with van der Waals surface area (Å²) in [5, 5.41) is 0. The van der Waals surface area contributed by atoms with Gasteiger partial charge >= 0.3 is 0 Å². The van der Waals surface area contributed by atoms with E-state index in [2.05, 4.69) is 77.2 Å². The highest BCUT2D eigenvalue weighted by molar-refractivity contribution is 14.1. The summed E-state index contributed by atoms with van der Waals surface area (Å²) in [6, 6.07) is 6.48. The molecular weight excluding hydrogens is 374 g/mol. The van der Waals surface area contributed by atoms with Crippen molar-refractivity contribution < 1.29 is 0 Å². The van der Waals surface area contributed by atoms with Gasteiger partial charge in [0.25, 0.3) is 0 Å². The molecule has 0 bridgehead atoms. The number of halogens is 2. The summed E-state index contributed by atoms with van der Waals surface area (Å²) in [7, 11) is 0. The summed E-state index contributed by atoms with van der Waals surface area (Å²) < 4.78 is 2.79. The summed E-state index contributed by atoms with van der Waals surface area (Å²) in [6.07, 6.45) is 1.19. The van der Waals surface area contributed by atoms with E-state index in [9.17, 15) is 0 Å². The predicted molar refractivity (Wildman–Crippen MR) is 70.4 cm³/mol. The summed E-state index contributed by atoms with van der Waals surface area (Å²) in [5.41, 5.74) is 1.51. The normalized spacial score (nSPS) is 10.8. The van der Waals surface area contributed by atoms with Crippen LogP contribution in [0.2, 0.25) is 0 Å². The molecule has 0 fully saturated rings. The molecule has 0 saturated heterocycles. The Balaban J connectivity index is 2.96. The number of hydrogen-bond donors (Lipinski definition) is 0. The van der Waals surface area contributed by atoms with E-state index in [1.807, 2.05) is 0 Å². The van der Waals surface area contributed by atoms with Crippen molar-refractivity contribution in [2.75, 3.05) is 0 Å². The highest BCUT2D eigenvalue weighted by atomic mass is 127. The van der Waals surface area contributed by atoms with E-state index in [0.717, 1.165) is 5.92 Å². The van der Waals surface area contributed by atoms with Gasteiger partial charge < -0.3 is 0 Å². The topological polar surface area (TPSA) is 0 Å². The molecular formula is C10H12I2. The lowest BCUT2D eigenvalue weighted by atomic mass is 10.0. The molecule has 12 heavy (non-hydrogen) atoms. The second kappa shape index (κ2) is 4.79. The van der Waals surface area contributed by atoms with Crippen LogP contribution in [0.3, 0.4) is 0 Å². The maximum absolute atomic E-state index is 2.41. The van der Waals surface area contributed by atoms with E-state index in [0.29, 0.717) is 0 Å². The molecule has 0 aliphatic carbocycles. The van der Waals surface area contributed by atoms with Crippen LogP contribution in [0.1, 0.15) is 19.4 Å². The molecule has 0 saturated carbocycles. The quantitative estimate of drug-likeness (QED) is 0.672. The molecule has 1 aromatic rings. The van der Waals surface area contributed by atoms with Crippen LogP contribution in [0.25, 0.3) is 0 Å². The van der Waals surface area contributed by atoms with E-state index in [-0.39, 0.29) is 0 Å². The minimum Gasteiger partial charge on any atom is -0.0625 e. The third-order valence-electron chi connectivity index (χ3n) is 1.67. The van der Waals surface area contributed by atoms with E-state index in [1.165, 1.54) is 19.1 Å². The Bertz CT molecular complexity index is 246. The Morgan fingerprint density at radius 1 is 1.17 bits per heavy atom. The van der Waals surface area contributed by atoms with Gasteiger partial charge in [-0.25, -0.2) is 0 Å². The second-order valence-electron chi connectivity index (χ2n) is 3.30. The maximum Gasteiger partial charge on any atom is 0.0173 e. The van der Waals surface area contributed by atoms with E-state index < -0.39 is 0 Å². The average molecular weight is 386 g/mol. The van der Waals surface area contributed by atoms with Crippen LogP contribution in [0.5, 0.6) is 0 Å². The number of hydrogen-bond acceptors (Lipinski definition) is 0. The zero-order chi connectivity index (χ0) is 9.14. The molecule has 0 spiro atoms.